The van der Waals surface area contributed by atoms with Crippen LogP contribution in [-0.4, -0.2) is 95.9 Å². The molecule has 0 bridgehead atoms. The van der Waals surface area contributed by atoms with E-state index in [9.17, 15) is 19.9 Å². The Bertz CT molecular complexity index is 2430. The van der Waals surface area contributed by atoms with Gasteiger partial charge in [-0.25, -0.2) is 14.4 Å². The van der Waals surface area contributed by atoms with E-state index in [1.165, 1.54) is 18.9 Å². The van der Waals surface area contributed by atoms with Crippen molar-refractivity contribution in [3.05, 3.63) is 184 Å². The highest BCUT2D eigenvalue weighted by Crippen LogP contribution is 2.41. The minimum atomic E-state index is -2.54. The summed E-state index contributed by atoms with van der Waals surface area (Å²) in [5.74, 6) is -2.87. The maximum Gasteiger partial charge on any atom is 0.359 e. The molecule has 0 radical (unpaired) electrons. The summed E-state index contributed by atoms with van der Waals surface area (Å²) >= 11 is 19.3. The maximum absolute atomic E-state index is 14.1. The van der Waals surface area contributed by atoms with Gasteiger partial charge >= 0.3 is 17.9 Å². The van der Waals surface area contributed by atoms with Crippen LogP contribution in [0.5, 0.6) is 0 Å². The number of nitrogens with zero attached hydrogens (tertiary/aromatic N) is 3. The van der Waals surface area contributed by atoms with Gasteiger partial charge in [-0.15, -0.1) is 0 Å². The van der Waals surface area contributed by atoms with E-state index in [0.29, 0.717) is 10.5 Å². The van der Waals surface area contributed by atoms with Crippen molar-refractivity contribution < 1.29 is 57.0 Å². The Hall–Kier alpha value is -5.20. The summed E-state index contributed by atoms with van der Waals surface area (Å²) in [7, 11) is 1.18. The van der Waals surface area contributed by atoms with Crippen LogP contribution in [0.4, 0.5) is 0 Å². The molecule has 0 saturated carbocycles. The van der Waals surface area contributed by atoms with E-state index >= 15 is 0 Å². The third kappa shape index (κ3) is 13.7. The van der Waals surface area contributed by atoms with E-state index in [2.05, 4.69) is 10.0 Å². The molecule has 2 aliphatic rings. The lowest BCUT2D eigenvalue weighted by atomic mass is 9.95. The lowest BCUT2D eigenvalue weighted by Crippen LogP contribution is -2.66. The molecular formula is C49H46Cl3N3O12S. The smallest absolute Gasteiger partial charge is 0.359 e. The van der Waals surface area contributed by atoms with Crippen molar-refractivity contribution in [2.45, 2.75) is 89.0 Å². The molecule has 0 aromatic heterocycles. The van der Waals surface area contributed by atoms with Crippen LogP contribution < -0.4 is 0 Å². The molecule has 356 valence electrons. The number of thioether (sulfide) groups is 1. The Morgan fingerprint density at radius 3 is 1.74 bits per heavy atom. The van der Waals surface area contributed by atoms with E-state index in [1.54, 1.807) is 54.6 Å². The molecule has 2 saturated heterocycles. The van der Waals surface area contributed by atoms with Gasteiger partial charge in [0.1, 0.15) is 35.9 Å². The Morgan fingerprint density at radius 2 is 1.19 bits per heavy atom. The van der Waals surface area contributed by atoms with Crippen molar-refractivity contribution in [1.29, 1.82) is 0 Å². The van der Waals surface area contributed by atoms with Crippen LogP contribution in [0.15, 0.2) is 162 Å². The molecule has 0 N–H and O–H groups in total. The number of esters is 3. The number of methoxy groups -OCH3 is 1. The Balaban J connectivity index is 1.32. The second-order valence-electron chi connectivity index (χ2n) is 15.3. The van der Waals surface area contributed by atoms with Crippen LogP contribution in [0.1, 0.15) is 27.0 Å². The molecule has 2 fully saturated rings. The van der Waals surface area contributed by atoms with Crippen LogP contribution in [0, 0.1) is 0 Å². The van der Waals surface area contributed by atoms with Gasteiger partial charge in [0.05, 0.1) is 39.1 Å². The second kappa shape index (κ2) is 24.9. The first-order chi connectivity index (χ1) is 33.0. The van der Waals surface area contributed by atoms with Crippen molar-refractivity contribution in [3.63, 3.8) is 0 Å². The number of ether oxygens (including phenoxy) is 9. The van der Waals surface area contributed by atoms with Crippen LogP contribution in [0.25, 0.3) is 10.4 Å². The van der Waals surface area contributed by atoms with Crippen molar-refractivity contribution in [1.82, 2.24) is 0 Å². The van der Waals surface area contributed by atoms with E-state index < -0.39 is 82.2 Å². The zero-order valence-electron chi connectivity index (χ0n) is 36.3. The maximum atomic E-state index is 14.1. The summed E-state index contributed by atoms with van der Waals surface area (Å²) in [6.07, 6.45) is -11.5. The van der Waals surface area contributed by atoms with Crippen molar-refractivity contribution in [2.24, 2.45) is 5.11 Å². The van der Waals surface area contributed by atoms with Crippen LogP contribution in [0.3, 0.4) is 0 Å². The molecule has 5 aromatic rings. The standard InChI is InChI=1S/C49H46Cl3N3O12S/c1-59-45(57)42-41(40(62-29-33-21-11-4-12-22-33)43(64-44(56)34-23-13-5-14-24-34)47(66-42)68-35-25-15-6-16-26-35)65-46-37(54-55-53)39(61-28-32-19-9-3-10-20-32)38(67-48(58)49(50,51)52)36(63-46)30-60-27-31-17-7-2-8-18-31/h2-26,36-43,46-47H,27-30H2,1H3/t36-,37-,38-,39-,40+,41+,42-,43-,46-,47-/m1/s1. The predicted octanol–water partition coefficient (Wildman–Crippen LogP) is 9.36. The molecule has 5 aromatic carbocycles. The molecule has 0 spiro atoms. The Labute approximate surface area is 411 Å². The molecule has 0 aliphatic carbocycles. The van der Waals surface area contributed by atoms with Gasteiger partial charge in [-0.3, -0.25) is 0 Å². The normalized spacial score (nSPS) is 24.8. The van der Waals surface area contributed by atoms with E-state index in [0.717, 1.165) is 11.1 Å². The van der Waals surface area contributed by atoms with Crippen molar-refractivity contribution in [3.8, 4) is 0 Å². The lowest BCUT2D eigenvalue weighted by Gasteiger charge is -2.48. The number of azide groups is 1. The third-order valence-electron chi connectivity index (χ3n) is 10.7. The lowest BCUT2D eigenvalue weighted by molar-refractivity contribution is -0.321. The topological polar surface area (TPSA) is 183 Å². The average Bonchev–Trinajstić information content (AvgIpc) is 3.36. The van der Waals surface area contributed by atoms with Gasteiger partial charge in [-0.2, -0.15) is 0 Å². The number of rotatable bonds is 19. The minimum absolute atomic E-state index is 0.0551. The molecule has 10 atom stereocenters. The van der Waals surface area contributed by atoms with Gasteiger partial charge in [0.15, 0.2) is 24.6 Å². The fraction of sp³-hybridized carbons (Fsp3) is 0.327. The van der Waals surface area contributed by atoms with E-state index in [1.807, 2.05) is 97.1 Å². The highest BCUT2D eigenvalue weighted by atomic mass is 35.6. The highest BCUT2D eigenvalue weighted by molar-refractivity contribution is 7.99. The van der Waals surface area contributed by atoms with Crippen LogP contribution >= 0.6 is 46.6 Å². The zero-order chi connectivity index (χ0) is 47.9. The third-order valence-corrected chi connectivity index (χ3v) is 12.3. The molecule has 2 aliphatic heterocycles. The average molecular weight is 1010 g/mol. The Kier molecular flexibility index (Phi) is 18.5. The van der Waals surface area contributed by atoms with Gasteiger partial charge in [0, 0.05) is 9.81 Å². The van der Waals surface area contributed by atoms with Gasteiger partial charge in [-0.1, -0.05) is 179 Å². The van der Waals surface area contributed by atoms with Gasteiger partial charge in [0.2, 0.25) is 0 Å². The number of hydrogen-bond donors (Lipinski definition) is 0. The number of carbonyl (C=O) groups excluding carboxylic acids is 3. The summed E-state index contributed by atoms with van der Waals surface area (Å²) in [5, 5.41) is 4.08. The highest BCUT2D eigenvalue weighted by Gasteiger charge is 2.57. The molecule has 15 nitrogen and oxygen atoms in total. The number of benzene rings is 5. The summed E-state index contributed by atoms with van der Waals surface area (Å²) in [4.78, 5) is 45.3. The quantitative estimate of drug-likeness (QED) is 0.0191. The fourth-order valence-electron chi connectivity index (χ4n) is 7.47. The Morgan fingerprint density at radius 1 is 0.662 bits per heavy atom. The number of carbonyl (C=O) groups is 3. The first-order valence-corrected chi connectivity index (χ1v) is 23.3. The van der Waals surface area contributed by atoms with E-state index in [-0.39, 0.29) is 32.0 Å². The zero-order valence-corrected chi connectivity index (χ0v) is 39.4. The molecule has 68 heavy (non-hydrogen) atoms. The summed E-state index contributed by atoms with van der Waals surface area (Å²) in [5.41, 5.74) is 11.5. The first-order valence-electron chi connectivity index (χ1n) is 21.3. The molecule has 19 heteroatoms. The van der Waals surface area contributed by atoms with Crippen molar-refractivity contribution in [2.75, 3.05) is 13.7 Å². The molecule has 2 heterocycles. The molecule has 7 rings (SSSR count). The van der Waals surface area contributed by atoms with Crippen molar-refractivity contribution >= 4 is 64.5 Å². The first kappa shape index (κ1) is 50.7. The van der Waals surface area contributed by atoms with Gasteiger partial charge < -0.3 is 42.6 Å². The molecular weight excluding hydrogens is 961 g/mol. The second-order valence-corrected chi connectivity index (χ2v) is 18.8. The van der Waals surface area contributed by atoms with Crippen LogP contribution in [0.2, 0.25) is 0 Å². The largest absolute Gasteiger partial charge is 0.467 e. The van der Waals surface area contributed by atoms with Crippen LogP contribution in [-0.2, 0) is 72.0 Å². The molecule has 0 amide bonds. The fourth-order valence-corrected chi connectivity index (χ4v) is 8.71. The minimum Gasteiger partial charge on any atom is -0.467 e. The summed E-state index contributed by atoms with van der Waals surface area (Å²) in [6.45, 7) is -0.327. The predicted molar refractivity (Wildman–Crippen MR) is 251 cm³/mol. The van der Waals surface area contributed by atoms with Gasteiger partial charge in [-0.05, 0) is 46.5 Å². The monoisotopic (exact) mass is 1010 g/mol. The van der Waals surface area contributed by atoms with Gasteiger partial charge in [0.25, 0.3) is 3.79 Å². The SMILES string of the molecule is COC(=O)[C@@H]1O[C@H](Sc2ccccc2)[C@H](OC(=O)c2ccccc2)[C@@H](OCc2ccccc2)[C@@H]1O[C@H]1O[C@H](COCc2ccccc2)[C@@H](OC(=O)C(Cl)(Cl)Cl)[C@H](OCc2ccccc2)[C@H]1N=[N+]=[N-]. The number of alkyl halides is 3. The summed E-state index contributed by atoms with van der Waals surface area (Å²) < 4.78 is 54.4. The molecule has 0 unspecified atom stereocenters. The number of hydrogen-bond acceptors (Lipinski definition) is 14. The van der Waals surface area contributed by atoms with E-state index in [4.69, 9.17) is 77.4 Å². The number of halogens is 3. The summed E-state index contributed by atoms with van der Waals surface area (Å²) in [6, 6.07) is 43.5.